The second kappa shape index (κ2) is 13.8. The Labute approximate surface area is 323 Å². The number of phenols is 1. The van der Waals surface area contributed by atoms with E-state index in [-0.39, 0.29) is 47.8 Å². The summed E-state index contributed by atoms with van der Waals surface area (Å²) in [6, 6.07) is 9.01. The molecule has 0 bridgehead atoms. The number of ketones is 2. The molecule has 3 aliphatic carbocycles. The van der Waals surface area contributed by atoms with E-state index in [0.29, 0.717) is 6.07 Å². The lowest BCUT2D eigenvalue weighted by Gasteiger charge is -2.55. The van der Waals surface area contributed by atoms with Crippen molar-refractivity contribution in [1.29, 1.82) is 0 Å². The van der Waals surface area contributed by atoms with Crippen LogP contribution in [-0.2, 0) is 27.0 Å². The molecule has 0 aliphatic heterocycles. The van der Waals surface area contributed by atoms with E-state index in [1.165, 1.54) is 20.8 Å². The number of nitrogens with zero attached hydrogens (tertiary/aromatic N) is 2. The molecule has 6 rings (SSSR count). The number of aromatic nitrogens is 1. The Morgan fingerprint density at radius 1 is 1.02 bits per heavy atom. The molecule has 0 spiro atoms. The Morgan fingerprint density at radius 3 is 2.23 bits per heavy atom. The van der Waals surface area contributed by atoms with Crippen LogP contribution in [0.4, 0.5) is 13.2 Å². The van der Waals surface area contributed by atoms with E-state index in [1.807, 2.05) is 64.2 Å². The third-order valence-electron chi connectivity index (χ3n) is 11.1. The van der Waals surface area contributed by atoms with Gasteiger partial charge in [-0.3, -0.25) is 14.5 Å². The average molecular weight is 801 g/mol. The highest BCUT2D eigenvalue weighted by molar-refractivity contribution is 6.74. The summed E-state index contributed by atoms with van der Waals surface area (Å²) in [6.45, 7) is 14.1. The van der Waals surface area contributed by atoms with Gasteiger partial charge in [0, 0.05) is 17.1 Å². The zero-order valence-electron chi connectivity index (χ0n) is 33.0. The fraction of sp³-hybridized carbons (Fsp3) is 0.500. The average Bonchev–Trinajstić information content (AvgIpc) is 3.48. The first kappa shape index (κ1) is 41.0. The number of phenolic OH excluding ortho intramolecular Hbond substituents is 1. The normalized spacial score (nSPS) is 22.6. The molecule has 16 heteroatoms. The van der Waals surface area contributed by atoms with Gasteiger partial charge in [-0.05, 0) is 88.5 Å². The summed E-state index contributed by atoms with van der Waals surface area (Å²) in [5.41, 5.74) is -4.72. The third kappa shape index (κ3) is 7.00. The van der Waals surface area contributed by atoms with Gasteiger partial charge in [-0.1, -0.05) is 51.1 Å². The van der Waals surface area contributed by atoms with Gasteiger partial charge in [-0.25, -0.2) is 4.79 Å². The predicted octanol–water partition coefficient (Wildman–Crippen LogP) is 8.10. The lowest BCUT2D eigenvalue weighted by atomic mass is 9.57. The van der Waals surface area contributed by atoms with Gasteiger partial charge >= 0.3 is 12.3 Å². The molecule has 0 radical (unpaired) electrons. The number of alkyl halides is 3. The molecule has 302 valence electrons. The highest BCUT2D eigenvalue weighted by atomic mass is 28.4. The van der Waals surface area contributed by atoms with Gasteiger partial charge in [0.2, 0.25) is 11.6 Å². The second-order valence-electron chi connectivity index (χ2n) is 17.3. The minimum Gasteiger partial charge on any atom is -0.507 e. The van der Waals surface area contributed by atoms with Gasteiger partial charge in [-0.15, -0.1) is 13.2 Å². The number of aliphatic hydroxyl groups excluding tert-OH is 1. The summed E-state index contributed by atoms with van der Waals surface area (Å²) < 4.78 is 70.4. The monoisotopic (exact) mass is 800 g/mol. The first-order valence-electron chi connectivity index (χ1n) is 18.2. The van der Waals surface area contributed by atoms with Crippen molar-refractivity contribution in [2.75, 3.05) is 14.1 Å². The molecule has 12 nitrogen and oxygen atoms in total. The molecule has 2 N–H and O–H groups in total. The maximum absolute atomic E-state index is 15.5. The van der Waals surface area contributed by atoms with Gasteiger partial charge in [0.25, 0.3) is 5.88 Å². The van der Waals surface area contributed by atoms with E-state index in [2.05, 4.69) is 9.89 Å². The van der Waals surface area contributed by atoms with Crippen LogP contribution in [0.5, 0.6) is 17.4 Å². The lowest BCUT2D eigenvalue weighted by Crippen LogP contribution is -2.68. The van der Waals surface area contributed by atoms with Crippen molar-refractivity contribution in [3.63, 3.8) is 0 Å². The molecule has 0 amide bonds. The number of halogens is 3. The largest absolute Gasteiger partial charge is 0.573 e. The number of aromatic hydroxyl groups is 1. The van der Waals surface area contributed by atoms with E-state index in [1.54, 1.807) is 19.0 Å². The fourth-order valence-electron chi connectivity index (χ4n) is 7.69. The molecule has 0 saturated heterocycles. The number of benzene rings is 2. The standard InChI is InChI=1S/C40H47F3N2O10Si/c1-37(2,3)53-36(50)23-18-25(52-40(41,42)43)22-16-21-17-24-29(45(7)8)32-28(35(44-54-32)51-19-20-14-12-11-13-15-20)34(49)39(24,55-56(9,10)38(4,5)6)33(48)26(21)31(47)27(22)30(23)46/h11-15,18,21,24,29,46-47H,16-17,19H2,1-10H3. The number of Topliss-reactive ketones (excluding diaryl/α,β-unsaturated/α-hetero) is 2. The number of hydrogen-bond acceptors (Lipinski definition) is 12. The third-order valence-corrected chi connectivity index (χ3v) is 15.5. The van der Waals surface area contributed by atoms with Crippen molar-refractivity contribution < 1.29 is 60.9 Å². The first-order chi connectivity index (χ1) is 25.8. The summed E-state index contributed by atoms with van der Waals surface area (Å²) in [7, 11) is 0.348. The van der Waals surface area contributed by atoms with Gasteiger partial charge in [-0.2, -0.15) is 0 Å². The van der Waals surface area contributed by atoms with Crippen molar-refractivity contribution in [1.82, 2.24) is 10.1 Å². The van der Waals surface area contributed by atoms with Crippen LogP contribution in [-0.4, -0.2) is 77.8 Å². The van der Waals surface area contributed by atoms with Crippen molar-refractivity contribution in [3.05, 3.63) is 75.5 Å². The molecule has 1 aromatic heterocycles. The number of ether oxygens (including phenoxy) is 3. The zero-order chi connectivity index (χ0) is 41.5. The van der Waals surface area contributed by atoms with Crippen LogP contribution in [0.25, 0.3) is 5.76 Å². The van der Waals surface area contributed by atoms with E-state index in [0.717, 1.165) is 5.56 Å². The Bertz CT molecular complexity index is 2110. The van der Waals surface area contributed by atoms with E-state index in [4.69, 9.17) is 18.4 Å². The first-order valence-corrected chi connectivity index (χ1v) is 21.1. The molecule has 3 aromatic rings. The van der Waals surface area contributed by atoms with Crippen LogP contribution in [0.2, 0.25) is 18.1 Å². The fourth-order valence-corrected chi connectivity index (χ4v) is 9.14. The van der Waals surface area contributed by atoms with Crippen molar-refractivity contribution in [2.45, 2.75) is 103 Å². The lowest BCUT2D eigenvalue weighted by molar-refractivity contribution is -0.275. The summed E-state index contributed by atoms with van der Waals surface area (Å²) in [5, 5.41) is 27.2. The Hall–Kier alpha value is -4.67. The predicted molar refractivity (Wildman–Crippen MR) is 199 cm³/mol. The summed E-state index contributed by atoms with van der Waals surface area (Å²) >= 11 is 0. The molecule has 1 saturated carbocycles. The molecule has 1 heterocycles. The number of fused-ring (bicyclic) bond motifs is 4. The van der Waals surface area contributed by atoms with Gasteiger partial charge in [0.1, 0.15) is 40.6 Å². The van der Waals surface area contributed by atoms with Crippen molar-refractivity contribution >= 4 is 31.6 Å². The number of esters is 1. The highest BCUT2D eigenvalue weighted by Gasteiger charge is 2.69. The van der Waals surface area contributed by atoms with Crippen molar-refractivity contribution in [3.8, 4) is 17.4 Å². The SMILES string of the molecule is CN(C)C1c2onc(OCc3ccccc3)c2C(=O)C2(O[Si](C)(C)C(C)(C)C)C(=O)C3=C(O)c4c(O)c(C(=O)OC(C)(C)C)cc(OC(F)(F)F)c4CC3CC12. The van der Waals surface area contributed by atoms with E-state index < -0.39 is 94.7 Å². The van der Waals surface area contributed by atoms with E-state index >= 15 is 9.59 Å². The minimum atomic E-state index is -5.24. The molecule has 3 aliphatic rings. The van der Waals surface area contributed by atoms with Crippen molar-refractivity contribution in [2.24, 2.45) is 11.8 Å². The summed E-state index contributed by atoms with van der Waals surface area (Å²) in [5.74, 6) is -7.63. The van der Waals surface area contributed by atoms with Gasteiger partial charge in [0.15, 0.2) is 19.7 Å². The summed E-state index contributed by atoms with van der Waals surface area (Å²) in [4.78, 5) is 45.9. The number of hydrogen-bond donors (Lipinski definition) is 2. The molecular formula is C40H47F3N2O10Si. The molecule has 2 aromatic carbocycles. The minimum absolute atomic E-state index is 0.0135. The Balaban J connectivity index is 1.60. The number of rotatable bonds is 8. The molecule has 4 atom stereocenters. The van der Waals surface area contributed by atoms with Crippen LogP contribution >= 0.6 is 0 Å². The molecule has 56 heavy (non-hydrogen) atoms. The van der Waals surface area contributed by atoms with E-state index in [9.17, 15) is 28.2 Å². The zero-order valence-corrected chi connectivity index (χ0v) is 34.0. The number of carbonyl (C=O) groups is 3. The van der Waals surface area contributed by atoms with Gasteiger partial charge in [0.05, 0.1) is 11.6 Å². The topological polar surface area (TPSA) is 158 Å². The van der Waals surface area contributed by atoms with Crippen LogP contribution in [0.1, 0.15) is 97.2 Å². The maximum Gasteiger partial charge on any atom is 0.573 e. The smallest absolute Gasteiger partial charge is 0.507 e. The Kier molecular flexibility index (Phi) is 10.1. The highest BCUT2D eigenvalue weighted by Crippen LogP contribution is 2.60. The summed E-state index contributed by atoms with van der Waals surface area (Å²) in [6.07, 6.45) is -5.64. The van der Waals surface area contributed by atoms with Crippen LogP contribution in [0.3, 0.4) is 0 Å². The number of aliphatic hydroxyl groups is 1. The van der Waals surface area contributed by atoms with Crippen LogP contribution < -0.4 is 9.47 Å². The number of carbonyl (C=O) groups excluding carboxylic acids is 3. The van der Waals surface area contributed by atoms with Gasteiger partial charge < -0.3 is 33.4 Å². The molecule has 4 unspecified atom stereocenters. The maximum atomic E-state index is 15.5. The molecule has 1 fully saturated rings. The quantitative estimate of drug-likeness (QED) is 0.128. The second-order valence-corrected chi connectivity index (χ2v) is 22.1. The Morgan fingerprint density at radius 2 is 1.66 bits per heavy atom. The van der Waals surface area contributed by atoms with Crippen LogP contribution in [0, 0.1) is 11.8 Å². The van der Waals surface area contributed by atoms with Crippen LogP contribution in [0.15, 0.2) is 46.5 Å². The molecular weight excluding hydrogens is 754 g/mol.